The molecule has 0 amide bonds. The lowest BCUT2D eigenvalue weighted by Gasteiger charge is -2.42. The molecular weight excluding hydrogens is 685 g/mol. The number of aliphatic hydroxyl groups is 1. The fraction of sp³-hybridized carbons (Fsp3) is 0.271. The molecule has 1 aliphatic rings. The largest absolute Gasteiger partial charge is 0.497 e. The first kappa shape index (κ1) is 37.7. The number of piperidine rings is 1. The van der Waals surface area contributed by atoms with Gasteiger partial charge in [-0.15, -0.1) is 6.58 Å². The summed E-state index contributed by atoms with van der Waals surface area (Å²) in [5.74, 6) is 3.26. The van der Waals surface area contributed by atoms with E-state index < -0.39 is 6.10 Å². The van der Waals surface area contributed by atoms with Gasteiger partial charge in [0.1, 0.15) is 44.3 Å². The fourth-order valence-corrected chi connectivity index (χ4v) is 7.89. The first-order valence-electron chi connectivity index (χ1n) is 19.3. The number of ether oxygens (including phenoxy) is 4. The van der Waals surface area contributed by atoms with Crippen molar-refractivity contribution >= 4 is 10.9 Å². The first-order chi connectivity index (χ1) is 27.0. The Morgan fingerprint density at radius 1 is 0.764 bits per heavy atom. The van der Waals surface area contributed by atoms with Gasteiger partial charge in [-0.05, 0) is 64.6 Å². The average molecular weight is 736 g/mol. The number of aromatic nitrogens is 1. The molecule has 5 atom stereocenters. The number of aliphatic hydroxyl groups excluding tert-OH is 1. The van der Waals surface area contributed by atoms with E-state index in [2.05, 4.69) is 73.1 Å². The number of hydrogen-bond donors (Lipinski definition) is 2. The van der Waals surface area contributed by atoms with Crippen molar-refractivity contribution in [1.82, 2.24) is 4.98 Å². The number of quaternary nitrogens is 1. The molecular formula is C48H51N2O5+. The molecule has 282 valence electrons. The number of methoxy groups -OCH3 is 1. The second-order valence-corrected chi connectivity index (χ2v) is 14.4. The predicted molar refractivity (Wildman–Crippen MR) is 217 cm³/mol. The molecule has 0 bridgehead atoms. The Morgan fingerprint density at radius 3 is 1.89 bits per heavy atom. The summed E-state index contributed by atoms with van der Waals surface area (Å²) < 4.78 is 25.4. The molecule has 1 saturated heterocycles. The summed E-state index contributed by atoms with van der Waals surface area (Å²) in [5, 5.41) is 13.3. The topological polar surface area (TPSA) is 74.5 Å². The van der Waals surface area contributed by atoms with Crippen LogP contribution in [0.3, 0.4) is 0 Å². The molecule has 2 heterocycles. The number of hydrogen-bond acceptors (Lipinski definition) is 6. The highest BCUT2D eigenvalue weighted by molar-refractivity contribution is 5.84. The van der Waals surface area contributed by atoms with Gasteiger partial charge in [-0.1, -0.05) is 110 Å². The molecule has 1 fully saturated rings. The average Bonchev–Trinajstić information content (AvgIpc) is 3.24. The van der Waals surface area contributed by atoms with Crippen LogP contribution in [-0.2, 0) is 26.4 Å². The maximum Gasteiger partial charge on any atom is 0.203 e. The summed E-state index contributed by atoms with van der Waals surface area (Å²) >= 11 is 0. The van der Waals surface area contributed by atoms with Gasteiger partial charge in [0.05, 0.1) is 19.2 Å². The van der Waals surface area contributed by atoms with E-state index in [1.807, 2.05) is 78.9 Å². The van der Waals surface area contributed by atoms with Gasteiger partial charge in [-0.3, -0.25) is 4.98 Å². The number of rotatable bonds is 16. The van der Waals surface area contributed by atoms with E-state index in [9.17, 15) is 5.11 Å². The maximum atomic E-state index is 12.4. The van der Waals surface area contributed by atoms with Crippen molar-refractivity contribution in [2.45, 2.75) is 58.3 Å². The third kappa shape index (κ3) is 9.19. The molecule has 1 aliphatic heterocycles. The Labute approximate surface area is 324 Å². The minimum atomic E-state index is -0.733. The van der Waals surface area contributed by atoms with Gasteiger partial charge >= 0.3 is 0 Å². The summed E-state index contributed by atoms with van der Waals surface area (Å²) in [6.07, 6.45) is 5.03. The molecule has 3 unspecified atom stereocenters. The lowest BCUT2D eigenvalue weighted by molar-refractivity contribution is -0.952. The number of nitrogens with zero attached hydrogens (tertiary/aromatic N) is 1. The Hall–Kier alpha value is -5.63. The molecule has 7 nitrogen and oxygen atoms in total. The zero-order valence-electron chi connectivity index (χ0n) is 31.8. The molecule has 6 aromatic rings. The van der Waals surface area contributed by atoms with Crippen LogP contribution in [0.25, 0.3) is 10.9 Å². The predicted octanol–water partition coefficient (Wildman–Crippen LogP) is 8.70. The van der Waals surface area contributed by atoms with E-state index in [1.54, 1.807) is 13.3 Å². The zero-order chi connectivity index (χ0) is 38.0. The van der Waals surface area contributed by atoms with Gasteiger partial charge in [0.25, 0.3) is 0 Å². The zero-order valence-corrected chi connectivity index (χ0v) is 31.8. The van der Waals surface area contributed by atoms with Crippen molar-refractivity contribution in [3.8, 4) is 23.0 Å². The summed E-state index contributed by atoms with van der Waals surface area (Å²) in [5.41, 5.74) is 5.88. The molecule has 0 radical (unpaired) electrons. The van der Waals surface area contributed by atoms with Gasteiger partial charge in [0, 0.05) is 29.5 Å². The SMILES string of the molecule is C=CC1C[NH+](Cc2cc(OCc3ccccc3)c(OCc3ccccc3)c(OCc3ccccc3)c2)[C@H]([C@H](O)c2ccnc3ccc(OC)cc23)CC1CC. The summed E-state index contributed by atoms with van der Waals surface area (Å²) in [4.78, 5) is 5.88. The molecule has 0 spiro atoms. The number of nitrogens with one attached hydrogen (secondary N) is 1. The third-order valence-corrected chi connectivity index (χ3v) is 10.9. The Balaban J connectivity index is 1.27. The second-order valence-electron chi connectivity index (χ2n) is 14.4. The highest BCUT2D eigenvalue weighted by Gasteiger charge is 2.41. The van der Waals surface area contributed by atoms with E-state index in [0.717, 1.165) is 63.9 Å². The quantitative estimate of drug-likeness (QED) is 0.0970. The van der Waals surface area contributed by atoms with Crippen LogP contribution in [0.4, 0.5) is 0 Å². The Morgan fingerprint density at radius 2 is 1.35 bits per heavy atom. The van der Waals surface area contributed by atoms with E-state index in [4.69, 9.17) is 18.9 Å². The molecule has 55 heavy (non-hydrogen) atoms. The minimum absolute atomic E-state index is 0.0886. The third-order valence-electron chi connectivity index (χ3n) is 10.9. The van der Waals surface area contributed by atoms with Crippen LogP contribution in [-0.4, -0.2) is 29.8 Å². The van der Waals surface area contributed by atoms with E-state index in [1.165, 1.54) is 4.90 Å². The van der Waals surface area contributed by atoms with Crippen LogP contribution in [0.1, 0.15) is 53.7 Å². The van der Waals surface area contributed by atoms with Crippen molar-refractivity contribution in [2.75, 3.05) is 13.7 Å². The van der Waals surface area contributed by atoms with Crippen LogP contribution >= 0.6 is 0 Å². The molecule has 5 aromatic carbocycles. The monoisotopic (exact) mass is 735 g/mol. The lowest BCUT2D eigenvalue weighted by Crippen LogP contribution is -3.17. The van der Waals surface area contributed by atoms with Crippen molar-refractivity contribution in [3.63, 3.8) is 0 Å². The number of likely N-dealkylation sites (tertiary alicyclic amines) is 1. The number of pyridine rings is 1. The van der Waals surface area contributed by atoms with Crippen LogP contribution < -0.4 is 23.8 Å². The van der Waals surface area contributed by atoms with Crippen molar-refractivity contribution in [3.05, 3.63) is 174 Å². The Bertz CT molecular complexity index is 2080. The molecule has 0 aliphatic carbocycles. The van der Waals surface area contributed by atoms with Crippen LogP contribution in [0, 0.1) is 11.8 Å². The molecule has 7 heteroatoms. The van der Waals surface area contributed by atoms with E-state index in [0.29, 0.717) is 55.4 Å². The van der Waals surface area contributed by atoms with Gasteiger partial charge < -0.3 is 29.0 Å². The van der Waals surface area contributed by atoms with Gasteiger partial charge in [-0.25, -0.2) is 0 Å². The summed E-state index contributed by atoms with van der Waals surface area (Å²) in [6, 6.07) is 42.3. The summed E-state index contributed by atoms with van der Waals surface area (Å²) in [7, 11) is 1.66. The second kappa shape index (κ2) is 18.1. The summed E-state index contributed by atoms with van der Waals surface area (Å²) in [6.45, 7) is 9.07. The molecule has 2 N–H and O–H groups in total. The lowest BCUT2D eigenvalue weighted by atomic mass is 9.77. The molecule has 0 saturated carbocycles. The van der Waals surface area contributed by atoms with Gasteiger partial charge in [0.2, 0.25) is 5.75 Å². The number of fused-ring (bicyclic) bond motifs is 1. The van der Waals surface area contributed by atoms with Crippen molar-refractivity contribution in [1.29, 1.82) is 0 Å². The van der Waals surface area contributed by atoms with Crippen molar-refractivity contribution in [2.24, 2.45) is 11.8 Å². The van der Waals surface area contributed by atoms with Crippen LogP contribution in [0.2, 0.25) is 0 Å². The fourth-order valence-electron chi connectivity index (χ4n) is 7.89. The standard InChI is InChI=1S/C48H50N2O5/c1-4-38-27-44(47(51)41-23-24-49-43-22-21-40(52-3)28-42(41)43)50(30-39(38)5-2)29-37-25-45(53-31-34-15-9-6-10-16-34)48(55-33-36-19-13-8-14-20-36)46(26-37)54-32-35-17-11-7-12-18-35/h5-26,28,38-39,44,47,51H,2,4,27,29-33H2,1,3H3/p+1/t38?,39?,44-,47+/m0/s1. The molecule has 7 rings (SSSR count). The van der Waals surface area contributed by atoms with Crippen LogP contribution in [0.15, 0.2) is 146 Å². The number of benzene rings is 5. The first-order valence-corrected chi connectivity index (χ1v) is 19.3. The molecule has 1 aromatic heterocycles. The minimum Gasteiger partial charge on any atom is -0.497 e. The smallest absolute Gasteiger partial charge is 0.203 e. The highest BCUT2D eigenvalue weighted by Crippen LogP contribution is 2.41. The van der Waals surface area contributed by atoms with Crippen molar-refractivity contribution < 1.29 is 29.0 Å². The van der Waals surface area contributed by atoms with Gasteiger partial charge in [0.15, 0.2) is 11.5 Å². The Kier molecular flexibility index (Phi) is 12.4. The van der Waals surface area contributed by atoms with E-state index in [-0.39, 0.29) is 6.04 Å². The van der Waals surface area contributed by atoms with E-state index >= 15 is 0 Å². The normalized spacial score (nSPS) is 18.7. The van der Waals surface area contributed by atoms with Crippen LogP contribution in [0.5, 0.6) is 23.0 Å². The van der Waals surface area contributed by atoms with Gasteiger partial charge in [-0.2, -0.15) is 0 Å². The maximum absolute atomic E-state index is 12.4. The highest BCUT2D eigenvalue weighted by atomic mass is 16.5.